The maximum atomic E-state index is 12.5. The summed E-state index contributed by atoms with van der Waals surface area (Å²) in [4.78, 5) is 25.3. The fourth-order valence-electron chi connectivity index (χ4n) is 2.98. The highest BCUT2D eigenvalue weighted by atomic mass is 16.4. The molecule has 118 valence electrons. The molecule has 1 N–H and O–H groups in total. The molecule has 0 aromatic heterocycles. The van der Waals surface area contributed by atoms with Gasteiger partial charge in [0.05, 0.1) is 5.92 Å². The first-order valence-electron chi connectivity index (χ1n) is 7.83. The Morgan fingerprint density at radius 1 is 0.957 bits per heavy atom. The first-order chi connectivity index (χ1) is 11.1. The van der Waals surface area contributed by atoms with Crippen LogP contribution >= 0.6 is 0 Å². The fraction of sp³-hybridized carbons (Fsp3) is 0.263. The topological polar surface area (TPSA) is 57.6 Å². The van der Waals surface area contributed by atoms with Crippen LogP contribution in [0.15, 0.2) is 54.6 Å². The van der Waals surface area contributed by atoms with Gasteiger partial charge in [-0.05, 0) is 36.1 Å². The van der Waals surface area contributed by atoms with E-state index in [4.69, 9.17) is 5.11 Å². The van der Waals surface area contributed by atoms with Crippen LogP contribution in [0.1, 0.15) is 23.2 Å². The van der Waals surface area contributed by atoms with Crippen molar-refractivity contribution < 1.29 is 14.7 Å². The molecule has 4 nitrogen and oxygen atoms in total. The number of rotatable bonds is 3. The van der Waals surface area contributed by atoms with Crippen LogP contribution in [0.5, 0.6) is 0 Å². The summed E-state index contributed by atoms with van der Waals surface area (Å²) in [6.07, 6.45) is 1.39. The first-order valence-corrected chi connectivity index (χ1v) is 7.83. The van der Waals surface area contributed by atoms with E-state index in [-0.39, 0.29) is 5.91 Å². The number of likely N-dealkylation sites (tertiary alicyclic amines) is 1. The molecule has 2 aromatic carbocycles. The van der Waals surface area contributed by atoms with Crippen LogP contribution in [-0.4, -0.2) is 35.0 Å². The lowest BCUT2D eigenvalue weighted by Crippen LogP contribution is -2.42. The molecular formula is C19H19NO3. The van der Waals surface area contributed by atoms with Gasteiger partial charge in [-0.15, -0.1) is 0 Å². The lowest BCUT2D eigenvalue weighted by molar-refractivity contribution is -0.143. The second kappa shape index (κ2) is 6.65. The third-order valence-corrected chi connectivity index (χ3v) is 4.30. The van der Waals surface area contributed by atoms with E-state index >= 15 is 0 Å². The van der Waals surface area contributed by atoms with Crippen LogP contribution in [0, 0.1) is 5.92 Å². The average molecular weight is 309 g/mol. The summed E-state index contributed by atoms with van der Waals surface area (Å²) in [6.45, 7) is 0.928. The predicted molar refractivity (Wildman–Crippen MR) is 88.1 cm³/mol. The number of benzene rings is 2. The van der Waals surface area contributed by atoms with Gasteiger partial charge in [-0.3, -0.25) is 9.59 Å². The minimum Gasteiger partial charge on any atom is -0.481 e. The Hall–Kier alpha value is -2.62. The molecule has 0 radical (unpaired) electrons. The molecule has 3 rings (SSSR count). The molecule has 1 saturated heterocycles. The summed E-state index contributed by atoms with van der Waals surface area (Å²) in [5, 5.41) is 9.13. The maximum absolute atomic E-state index is 12.5. The van der Waals surface area contributed by atoms with E-state index in [9.17, 15) is 9.59 Å². The number of piperidine rings is 1. The summed E-state index contributed by atoms with van der Waals surface area (Å²) < 4.78 is 0. The van der Waals surface area contributed by atoms with Crippen molar-refractivity contribution in [2.24, 2.45) is 5.92 Å². The summed E-state index contributed by atoms with van der Waals surface area (Å²) in [7, 11) is 0. The highest BCUT2D eigenvalue weighted by molar-refractivity contribution is 5.95. The van der Waals surface area contributed by atoms with Crippen molar-refractivity contribution in [1.82, 2.24) is 4.90 Å². The van der Waals surface area contributed by atoms with E-state index in [1.807, 2.05) is 54.6 Å². The van der Waals surface area contributed by atoms with Crippen LogP contribution in [0.25, 0.3) is 11.1 Å². The number of carboxylic acid groups (broad SMARTS) is 1. The predicted octanol–water partition coefficient (Wildman–Crippen LogP) is 3.29. The van der Waals surface area contributed by atoms with Crippen molar-refractivity contribution in [3.8, 4) is 11.1 Å². The molecule has 1 aliphatic rings. The van der Waals surface area contributed by atoms with Crippen molar-refractivity contribution in [1.29, 1.82) is 0 Å². The molecule has 0 saturated carbocycles. The molecule has 1 amide bonds. The Bertz CT molecular complexity index is 694. The zero-order valence-electron chi connectivity index (χ0n) is 12.8. The molecule has 0 aliphatic carbocycles. The number of carbonyl (C=O) groups excluding carboxylic acids is 1. The monoisotopic (exact) mass is 309 g/mol. The van der Waals surface area contributed by atoms with Crippen molar-refractivity contribution >= 4 is 11.9 Å². The Kier molecular flexibility index (Phi) is 4.42. The van der Waals surface area contributed by atoms with E-state index in [1.54, 1.807) is 4.90 Å². The number of carboxylic acids is 1. The highest BCUT2D eigenvalue weighted by Crippen LogP contribution is 2.22. The summed E-state index contributed by atoms with van der Waals surface area (Å²) in [5.41, 5.74) is 2.77. The third-order valence-electron chi connectivity index (χ3n) is 4.30. The molecule has 1 heterocycles. The Morgan fingerprint density at radius 3 is 2.26 bits per heavy atom. The summed E-state index contributed by atoms with van der Waals surface area (Å²) >= 11 is 0. The van der Waals surface area contributed by atoms with Crippen molar-refractivity contribution in [2.75, 3.05) is 13.1 Å². The normalized spacial score (nSPS) is 17.7. The number of amides is 1. The number of nitrogens with zero attached hydrogens (tertiary/aromatic N) is 1. The smallest absolute Gasteiger partial charge is 0.308 e. The molecule has 1 fully saturated rings. The average Bonchev–Trinajstić information content (AvgIpc) is 2.62. The van der Waals surface area contributed by atoms with Crippen molar-refractivity contribution in [2.45, 2.75) is 12.8 Å². The van der Waals surface area contributed by atoms with E-state index in [2.05, 4.69) is 0 Å². The molecule has 0 spiro atoms. The molecule has 23 heavy (non-hydrogen) atoms. The third kappa shape index (κ3) is 3.42. The number of aliphatic carboxylic acids is 1. The van der Waals surface area contributed by atoms with Gasteiger partial charge in [-0.1, -0.05) is 42.5 Å². The lowest BCUT2D eigenvalue weighted by Gasteiger charge is -2.30. The molecular weight excluding hydrogens is 290 g/mol. The van der Waals surface area contributed by atoms with Crippen LogP contribution in [-0.2, 0) is 4.79 Å². The summed E-state index contributed by atoms with van der Waals surface area (Å²) in [5.74, 6) is -1.35. The Labute approximate surface area is 135 Å². The van der Waals surface area contributed by atoms with Crippen molar-refractivity contribution in [3.05, 3.63) is 60.2 Å². The highest BCUT2D eigenvalue weighted by Gasteiger charge is 2.28. The molecule has 1 aliphatic heterocycles. The second-order valence-electron chi connectivity index (χ2n) is 5.87. The number of hydrogen-bond acceptors (Lipinski definition) is 2. The fourth-order valence-corrected chi connectivity index (χ4v) is 2.98. The SMILES string of the molecule is O=C(O)[C@H]1CCCN(C(=O)c2ccc(-c3ccccc3)cc2)C1. The summed E-state index contributed by atoms with van der Waals surface area (Å²) in [6, 6.07) is 17.5. The van der Waals surface area contributed by atoms with Crippen LogP contribution < -0.4 is 0 Å². The largest absolute Gasteiger partial charge is 0.481 e. The van der Waals surface area contributed by atoms with Gasteiger partial charge in [0, 0.05) is 18.7 Å². The van der Waals surface area contributed by atoms with Crippen molar-refractivity contribution in [3.63, 3.8) is 0 Å². The van der Waals surface area contributed by atoms with Crippen LogP contribution in [0.4, 0.5) is 0 Å². The van der Waals surface area contributed by atoms with Gasteiger partial charge in [0.25, 0.3) is 5.91 Å². The Balaban J connectivity index is 1.74. The van der Waals surface area contributed by atoms with Gasteiger partial charge in [-0.25, -0.2) is 0 Å². The number of hydrogen-bond donors (Lipinski definition) is 1. The van der Waals surface area contributed by atoms with Gasteiger partial charge < -0.3 is 10.0 Å². The van der Waals surface area contributed by atoms with Crippen LogP contribution in [0.2, 0.25) is 0 Å². The van der Waals surface area contributed by atoms with Gasteiger partial charge in [-0.2, -0.15) is 0 Å². The van der Waals surface area contributed by atoms with E-state index in [0.717, 1.165) is 17.5 Å². The quantitative estimate of drug-likeness (QED) is 0.946. The van der Waals surface area contributed by atoms with Gasteiger partial charge >= 0.3 is 5.97 Å². The van der Waals surface area contributed by atoms with Gasteiger partial charge in [0.2, 0.25) is 0 Å². The van der Waals surface area contributed by atoms with E-state index in [1.165, 1.54) is 0 Å². The van der Waals surface area contributed by atoms with Crippen LogP contribution in [0.3, 0.4) is 0 Å². The number of carbonyl (C=O) groups is 2. The molecule has 2 aromatic rings. The second-order valence-corrected chi connectivity index (χ2v) is 5.87. The molecule has 0 bridgehead atoms. The molecule has 0 unspecified atom stereocenters. The standard InChI is InChI=1S/C19H19NO3/c21-18(20-12-4-7-17(13-20)19(22)23)16-10-8-15(9-11-16)14-5-2-1-3-6-14/h1-3,5-6,8-11,17H,4,7,12-13H2,(H,22,23)/t17-/m0/s1. The first kappa shape index (κ1) is 15.3. The maximum Gasteiger partial charge on any atom is 0.308 e. The minimum atomic E-state index is -0.818. The van der Waals surface area contributed by atoms with E-state index in [0.29, 0.717) is 25.1 Å². The Morgan fingerprint density at radius 2 is 1.61 bits per heavy atom. The lowest BCUT2D eigenvalue weighted by atomic mass is 9.97. The van der Waals surface area contributed by atoms with Gasteiger partial charge in [0.15, 0.2) is 0 Å². The zero-order valence-corrected chi connectivity index (χ0v) is 12.8. The molecule has 4 heteroatoms. The van der Waals surface area contributed by atoms with Gasteiger partial charge in [0.1, 0.15) is 0 Å². The molecule has 1 atom stereocenters. The zero-order chi connectivity index (χ0) is 16.2. The minimum absolute atomic E-state index is 0.0874. The van der Waals surface area contributed by atoms with E-state index < -0.39 is 11.9 Å².